The minimum absolute atomic E-state index is 0.00231. The number of aliphatic carboxylic acids is 1. The van der Waals surface area contributed by atoms with Gasteiger partial charge in [-0.05, 0) is 43.2 Å². The maximum absolute atomic E-state index is 13.7. The summed E-state index contributed by atoms with van der Waals surface area (Å²) in [6, 6.07) is 14.0. The van der Waals surface area contributed by atoms with Gasteiger partial charge in [-0.3, -0.25) is 4.79 Å². The molecule has 180 valence electrons. The molecule has 3 aliphatic carbocycles. The summed E-state index contributed by atoms with van der Waals surface area (Å²) < 4.78 is 13.7. The summed E-state index contributed by atoms with van der Waals surface area (Å²) in [4.78, 5) is 22.7. The molecule has 0 aliphatic heterocycles. The zero-order chi connectivity index (χ0) is 24.5. The Morgan fingerprint density at radius 1 is 1.09 bits per heavy atom. The molecule has 0 spiro atoms. The second-order valence-electron chi connectivity index (χ2n) is 9.34. The first-order chi connectivity index (χ1) is 16.9. The van der Waals surface area contributed by atoms with Crippen molar-refractivity contribution < 1.29 is 14.3 Å². The quantitative estimate of drug-likeness (QED) is 0.300. The highest BCUT2D eigenvalue weighted by molar-refractivity contribution is 6.35. The molecule has 2 heterocycles. The largest absolute Gasteiger partial charge is 0.481 e. The van der Waals surface area contributed by atoms with Crippen molar-refractivity contribution in [2.75, 3.05) is 5.73 Å². The van der Waals surface area contributed by atoms with Crippen LogP contribution in [-0.4, -0.2) is 26.0 Å². The molecule has 2 aromatic carbocycles. The Morgan fingerprint density at radius 2 is 1.83 bits per heavy atom. The summed E-state index contributed by atoms with van der Waals surface area (Å²) in [5, 5.41) is 9.78. The molecule has 2 aromatic heterocycles. The predicted octanol–water partition coefficient (Wildman–Crippen LogP) is 6.56. The van der Waals surface area contributed by atoms with Crippen molar-refractivity contribution in [3.63, 3.8) is 0 Å². The summed E-state index contributed by atoms with van der Waals surface area (Å²) in [5.74, 6) is 1.04. The van der Waals surface area contributed by atoms with Crippen molar-refractivity contribution in [2.45, 2.75) is 32.1 Å². The average Bonchev–Trinajstić information content (AvgIpc) is 3.29. The fourth-order valence-corrected chi connectivity index (χ4v) is 5.62. The highest BCUT2D eigenvalue weighted by Gasteiger charge is 2.39. The number of benzene rings is 2. The number of fused-ring (bicyclic) bond motifs is 4. The van der Waals surface area contributed by atoms with Crippen LogP contribution in [0.15, 0.2) is 54.7 Å². The number of carboxylic acid groups (broad SMARTS) is 1. The first-order valence-corrected chi connectivity index (χ1v) is 12.2. The molecule has 7 rings (SSSR count). The first kappa shape index (κ1) is 23.3. The molecule has 3 saturated carbocycles. The minimum Gasteiger partial charge on any atom is -0.481 e. The Morgan fingerprint density at radius 3 is 2.46 bits per heavy atom. The fraction of sp³-hybridized carbons (Fsp3) is 0.296. The Hall–Kier alpha value is -3.45. The lowest BCUT2D eigenvalue weighted by atomic mass is 9.65. The Bertz CT molecular complexity index is 1370. The lowest BCUT2D eigenvalue weighted by Gasteiger charge is -2.40. The van der Waals surface area contributed by atoms with Crippen LogP contribution in [0.5, 0.6) is 0 Å². The van der Waals surface area contributed by atoms with Gasteiger partial charge in [0, 0.05) is 28.8 Å². The Balaban J connectivity index is 0.000000192. The van der Waals surface area contributed by atoms with Gasteiger partial charge in [-0.15, -0.1) is 0 Å². The van der Waals surface area contributed by atoms with E-state index in [0.29, 0.717) is 44.7 Å². The molecule has 2 bridgehead atoms. The highest BCUT2D eigenvalue weighted by Crippen LogP contribution is 2.44. The van der Waals surface area contributed by atoms with Gasteiger partial charge in [-0.25, -0.2) is 14.4 Å². The molecular weight excluding hydrogens is 467 g/mol. The number of carboxylic acids is 1. The number of nitrogen functional groups attached to an aromatic ring is 1. The van der Waals surface area contributed by atoms with Gasteiger partial charge in [0.1, 0.15) is 11.6 Å². The van der Waals surface area contributed by atoms with Gasteiger partial charge < -0.3 is 15.8 Å². The van der Waals surface area contributed by atoms with Crippen LogP contribution in [0, 0.1) is 23.6 Å². The van der Waals surface area contributed by atoms with Crippen molar-refractivity contribution in [3.05, 3.63) is 65.6 Å². The molecule has 0 amide bonds. The zero-order valence-corrected chi connectivity index (χ0v) is 19.8. The minimum atomic E-state index is -0.556. The zero-order valence-electron chi connectivity index (χ0n) is 19.0. The number of rotatable bonds is 3. The van der Waals surface area contributed by atoms with Gasteiger partial charge in [0.15, 0.2) is 5.82 Å². The van der Waals surface area contributed by atoms with Crippen LogP contribution in [0.25, 0.3) is 33.5 Å². The molecule has 3 fully saturated rings. The van der Waals surface area contributed by atoms with Crippen LogP contribution in [0.2, 0.25) is 5.02 Å². The van der Waals surface area contributed by atoms with E-state index in [9.17, 15) is 9.18 Å². The molecule has 4 aromatic rings. The van der Waals surface area contributed by atoms with Crippen LogP contribution >= 0.6 is 11.6 Å². The van der Waals surface area contributed by atoms with Gasteiger partial charge in [-0.1, -0.05) is 54.8 Å². The third-order valence-corrected chi connectivity index (χ3v) is 7.43. The smallest absolute Gasteiger partial charge is 0.306 e. The van der Waals surface area contributed by atoms with Crippen LogP contribution < -0.4 is 5.73 Å². The van der Waals surface area contributed by atoms with Crippen molar-refractivity contribution in [2.24, 2.45) is 17.8 Å². The van der Waals surface area contributed by atoms with E-state index in [2.05, 4.69) is 15.0 Å². The summed E-state index contributed by atoms with van der Waals surface area (Å²) in [6.45, 7) is 0. The van der Waals surface area contributed by atoms with E-state index >= 15 is 0 Å². The van der Waals surface area contributed by atoms with Crippen molar-refractivity contribution in [3.8, 4) is 22.6 Å². The molecule has 3 aliphatic rings. The molecule has 8 heteroatoms. The van der Waals surface area contributed by atoms with E-state index in [1.54, 1.807) is 12.3 Å². The van der Waals surface area contributed by atoms with Crippen molar-refractivity contribution in [1.29, 1.82) is 0 Å². The van der Waals surface area contributed by atoms with Gasteiger partial charge in [-0.2, -0.15) is 0 Å². The first-order valence-electron chi connectivity index (χ1n) is 11.8. The van der Waals surface area contributed by atoms with E-state index in [1.165, 1.54) is 37.8 Å². The standard InChI is InChI=1S/C18H12ClFN4.C9H14O2/c19-14-7-11(20)6-12-13(9-22-17(12)14)18-23-15(8-16(21)24-18)10-4-2-1-3-5-10;10-9(11)8-5-6-1-3-7(8)4-2-6/h1-9,22H,(H2,21,23,24);6-8H,1-5H2,(H,10,11). The van der Waals surface area contributed by atoms with E-state index in [4.69, 9.17) is 22.4 Å². The van der Waals surface area contributed by atoms with Gasteiger partial charge >= 0.3 is 5.97 Å². The number of nitrogens with zero attached hydrogens (tertiary/aromatic N) is 2. The van der Waals surface area contributed by atoms with Gasteiger partial charge in [0.2, 0.25) is 0 Å². The lowest BCUT2D eigenvalue weighted by molar-refractivity contribution is -0.147. The SMILES string of the molecule is Nc1cc(-c2ccccc2)nc(-c2c[nH]c3c(Cl)cc(F)cc23)n1.O=C(O)C1CC2CCC1CC2. The summed E-state index contributed by atoms with van der Waals surface area (Å²) in [5.41, 5.74) is 8.86. The van der Waals surface area contributed by atoms with E-state index < -0.39 is 11.8 Å². The molecule has 6 nitrogen and oxygen atoms in total. The number of nitrogens with two attached hydrogens (primary N) is 1. The Kier molecular flexibility index (Phi) is 6.43. The summed E-state index contributed by atoms with van der Waals surface area (Å²) >= 11 is 6.08. The number of hydrogen-bond donors (Lipinski definition) is 3. The average molecular weight is 493 g/mol. The van der Waals surface area contributed by atoms with Gasteiger partial charge in [0.25, 0.3) is 0 Å². The number of nitrogens with one attached hydrogen (secondary N) is 1. The molecule has 4 N–H and O–H groups in total. The number of halogens is 2. The topological polar surface area (TPSA) is 105 Å². The second kappa shape index (κ2) is 9.66. The number of aromatic amines is 1. The number of anilines is 1. The Labute approximate surface area is 207 Å². The monoisotopic (exact) mass is 492 g/mol. The van der Waals surface area contributed by atoms with Crippen LogP contribution in [-0.2, 0) is 4.79 Å². The normalized spacial score (nSPS) is 20.9. The maximum Gasteiger partial charge on any atom is 0.306 e. The predicted molar refractivity (Wildman–Crippen MR) is 135 cm³/mol. The van der Waals surface area contributed by atoms with Crippen LogP contribution in [0.1, 0.15) is 32.1 Å². The molecule has 0 radical (unpaired) electrons. The van der Waals surface area contributed by atoms with E-state index in [-0.39, 0.29) is 5.92 Å². The third kappa shape index (κ3) is 4.86. The van der Waals surface area contributed by atoms with Gasteiger partial charge in [0.05, 0.1) is 22.2 Å². The molecule has 1 unspecified atom stereocenters. The number of aromatic nitrogens is 3. The fourth-order valence-electron chi connectivity index (χ4n) is 5.36. The maximum atomic E-state index is 13.7. The number of carbonyl (C=O) groups is 1. The van der Waals surface area contributed by atoms with Crippen LogP contribution in [0.3, 0.4) is 0 Å². The molecule has 1 atom stereocenters. The molecule has 0 saturated heterocycles. The number of H-pyrrole nitrogens is 1. The number of hydrogen-bond acceptors (Lipinski definition) is 4. The second-order valence-corrected chi connectivity index (χ2v) is 9.75. The third-order valence-electron chi connectivity index (χ3n) is 7.13. The van der Waals surface area contributed by atoms with Crippen molar-refractivity contribution >= 4 is 34.3 Å². The highest BCUT2D eigenvalue weighted by atomic mass is 35.5. The summed E-state index contributed by atoms with van der Waals surface area (Å²) in [7, 11) is 0. The van der Waals surface area contributed by atoms with Crippen molar-refractivity contribution in [1.82, 2.24) is 15.0 Å². The van der Waals surface area contributed by atoms with Crippen LogP contribution in [0.4, 0.5) is 10.2 Å². The lowest BCUT2D eigenvalue weighted by Crippen LogP contribution is -2.35. The van der Waals surface area contributed by atoms with E-state index in [1.807, 2.05) is 30.3 Å². The summed E-state index contributed by atoms with van der Waals surface area (Å²) in [6.07, 6.45) is 7.58. The molecule has 35 heavy (non-hydrogen) atoms. The molecular formula is C27H26ClFN4O2. The van der Waals surface area contributed by atoms with E-state index in [0.717, 1.165) is 17.9 Å².